The fourth-order valence-corrected chi connectivity index (χ4v) is 1.59. The van der Waals surface area contributed by atoms with Crippen LogP contribution in [0.1, 0.15) is 30.6 Å². The lowest BCUT2D eigenvalue weighted by Crippen LogP contribution is -2.29. The monoisotopic (exact) mass is 251 g/mol. The Balaban J connectivity index is 2.91. The highest BCUT2D eigenvalue weighted by Gasteiger charge is 2.18. The van der Waals surface area contributed by atoms with Crippen LogP contribution in [0.3, 0.4) is 0 Å². The molecule has 1 aromatic carbocycles. The number of benzene rings is 1. The van der Waals surface area contributed by atoms with Gasteiger partial charge in [0.1, 0.15) is 11.5 Å². The van der Waals surface area contributed by atoms with Gasteiger partial charge in [0, 0.05) is 18.5 Å². The van der Waals surface area contributed by atoms with Gasteiger partial charge in [0.05, 0.1) is 19.8 Å². The lowest BCUT2D eigenvalue weighted by molar-refractivity contribution is 0.0964. The molecule has 0 amide bonds. The molecule has 2 N–H and O–H groups in total. The Bertz CT molecular complexity index is 416. The van der Waals surface area contributed by atoms with Gasteiger partial charge in [0.15, 0.2) is 5.78 Å². The minimum atomic E-state index is -0.135. The van der Waals surface area contributed by atoms with Crippen LogP contribution in [-0.2, 0) is 0 Å². The van der Waals surface area contributed by atoms with Crippen molar-refractivity contribution >= 4 is 5.78 Å². The molecular formula is C14H21NO3. The second kappa shape index (κ2) is 6.40. The zero-order valence-corrected chi connectivity index (χ0v) is 11.4. The molecule has 1 atom stereocenters. The van der Waals surface area contributed by atoms with E-state index in [1.807, 2.05) is 13.8 Å². The Hall–Kier alpha value is -1.55. The van der Waals surface area contributed by atoms with E-state index < -0.39 is 0 Å². The van der Waals surface area contributed by atoms with Gasteiger partial charge in [-0.25, -0.2) is 0 Å². The summed E-state index contributed by atoms with van der Waals surface area (Å²) in [5, 5.41) is 0. The molecule has 0 radical (unpaired) electrons. The van der Waals surface area contributed by atoms with Crippen molar-refractivity contribution in [3.05, 3.63) is 23.8 Å². The molecular weight excluding hydrogens is 230 g/mol. The summed E-state index contributed by atoms with van der Waals surface area (Å²) in [6.45, 7) is 4.01. The van der Waals surface area contributed by atoms with Crippen molar-refractivity contribution < 1.29 is 14.3 Å². The van der Waals surface area contributed by atoms with Crippen LogP contribution in [0.15, 0.2) is 18.2 Å². The number of Topliss-reactive ketones (excluding diaryl/α,β-unsaturated/α-hetero) is 1. The molecule has 1 aromatic rings. The predicted molar refractivity (Wildman–Crippen MR) is 71.3 cm³/mol. The lowest BCUT2D eigenvalue weighted by atomic mass is 9.96. The number of ketones is 1. The first-order valence-electron chi connectivity index (χ1n) is 6.00. The number of rotatable bonds is 6. The van der Waals surface area contributed by atoms with E-state index in [0.717, 1.165) is 0 Å². The topological polar surface area (TPSA) is 61.5 Å². The van der Waals surface area contributed by atoms with Gasteiger partial charge < -0.3 is 15.2 Å². The number of hydrogen-bond donors (Lipinski definition) is 1. The van der Waals surface area contributed by atoms with Crippen LogP contribution in [0.2, 0.25) is 0 Å². The fraction of sp³-hybridized carbons (Fsp3) is 0.500. The van der Waals surface area contributed by atoms with Crippen molar-refractivity contribution in [3.8, 4) is 11.5 Å². The maximum atomic E-state index is 12.1. The van der Waals surface area contributed by atoms with E-state index in [0.29, 0.717) is 23.5 Å². The minimum Gasteiger partial charge on any atom is -0.497 e. The van der Waals surface area contributed by atoms with Crippen molar-refractivity contribution in [1.82, 2.24) is 0 Å². The second-order valence-corrected chi connectivity index (χ2v) is 4.60. The number of hydrogen-bond acceptors (Lipinski definition) is 4. The van der Waals surface area contributed by atoms with E-state index in [4.69, 9.17) is 15.2 Å². The molecule has 18 heavy (non-hydrogen) atoms. The maximum absolute atomic E-state index is 12.1. The summed E-state index contributed by atoms with van der Waals surface area (Å²) >= 11 is 0. The summed E-state index contributed by atoms with van der Waals surface area (Å²) < 4.78 is 10.3. The van der Waals surface area contributed by atoms with Crippen molar-refractivity contribution in [1.29, 1.82) is 0 Å². The van der Waals surface area contributed by atoms with E-state index in [-0.39, 0.29) is 17.7 Å². The molecule has 0 bridgehead atoms. The largest absolute Gasteiger partial charge is 0.497 e. The lowest BCUT2D eigenvalue weighted by Gasteiger charge is -2.15. The normalized spacial score (nSPS) is 12.3. The molecule has 1 rings (SSSR count). The quantitative estimate of drug-likeness (QED) is 0.788. The third-order valence-electron chi connectivity index (χ3n) is 2.99. The van der Waals surface area contributed by atoms with Crippen molar-refractivity contribution in [2.24, 2.45) is 11.7 Å². The Morgan fingerprint density at radius 1 is 1.28 bits per heavy atom. The van der Waals surface area contributed by atoms with E-state index in [1.54, 1.807) is 25.3 Å². The van der Waals surface area contributed by atoms with Gasteiger partial charge in [-0.2, -0.15) is 0 Å². The number of nitrogens with two attached hydrogens (primary N) is 1. The van der Waals surface area contributed by atoms with Crippen molar-refractivity contribution in [2.45, 2.75) is 26.3 Å². The molecule has 0 saturated heterocycles. The van der Waals surface area contributed by atoms with Crippen LogP contribution in [0, 0.1) is 5.92 Å². The summed E-state index contributed by atoms with van der Waals surface area (Å²) in [5.74, 6) is 1.46. The van der Waals surface area contributed by atoms with Gasteiger partial charge in [-0.1, -0.05) is 13.8 Å². The minimum absolute atomic E-state index is 0.00398. The molecule has 1 unspecified atom stereocenters. The van der Waals surface area contributed by atoms with Crippen LogP contribution in [0.25, 0.3) is 0 Å². The van der Waals surface area contributed by atoms with E-state index in [9.17, 15) is 4.79 Å². The molecule has 0 spiro atoms. The van der Waals surface area contributed by atoms with Crippen LogP contribution in [0.4, 0.5) is 0 Å². The van der Waals surface area contributed by atoms with E-state index in [1.165, 1.54) is 7.11 Å². The van der Waals surface area contributed by atoms with E-state index in [2.05, 4.69) is 0 Å². The molecule has 0 aliphatic rings. The number of carbonyl (C=O) groups is 1. The smallest absolute Gasteiger partial charge is 0.168 e. The summed E-state index contributed by atoms with van der Waals surface area (Å²) in [5.41, 5.74) is 6.47. The molecule has 0 aromatic heterocycles. The average Bonchev–Trinajstić information content (AvgIpc) is 2.37. The van der Waals surface area contributed by atoms with E-state index >= 15 is 0 Å². The third kappa shape index (κ3) is 3.47. The number of carbonyl (C=O) groups excluding carboxylic acids is 1. The highest BCUT2D eigenvalue weighted by Crippen LogP contribution is 2.26. The second-order valence-electron chi connectivity index (χ2n) is 4.60. The average molecular weight is 251 g/mol. The molecule has 0 aliphatic carbocycles. The summed E-state index contributed by atoms with van der Waals surface area (Å²) in [7, 11) is 3.11. The van der Waals surface area contributed by atoms with Crippen LogP contribution in [0.5, 0.6) is 11.5 Å². The summed E-state index contributed by atoms with van der Waals surface area (Å²) in [6.07, 6.45) is 0.320. The van der Waals surface area contributed by atoms with Gasteiger partial charge in [0.2, 0.25) is 0 Å². The molecule has 0 fully saturated rings. The van der Waals surface area contributed by atoms with Crippen molar-refractivity contribution in [3.63, 3.8) is 0 Å². The Morgan fingerprint density at radius 2 is 1.94 bits per heavy atom. The molecule has 0 heterocycles. The standard InChI is InChI=1S/C14H21NO3/c1-9(2)12(15)8-13(16)11-6-5-10(17-3)7-14(11)18-4/h5-7,9,12H,8,15H2,1-4H3. The van der Waals surface area contributed by atoms with Crippen LogP contribution in [-0.4, -0.2) is 26.0 Å². The summed E-state index contributed by atoms with van der Waals surface area (Å²) in [6, 6.07) is 5.03. The highest BCUT2D eigenvalue weighted by atomic mass is 16.5. The Morgan fingerprint density at radius 3 is 2.44 bits per heavy atom. The highest BCUT2D eigenvalue weighted by molar-refractivity contribution is 5.99. The fourth-order valence-electron chi connectivity index (χ4n) is 1.59. The first-order valence-corrected chi connectivity index (χ1v) is 6.00. The molecule has 4 heteroatoms. The predicted octanol–water partition coefficient (Wildman–Crippen LogP) is 2.26. The number of methoxy groups -OCH3 is 2. The SMILES string of the molecule is COc1ccc(C(=O)CC(N)C(C)C)c(OC)c1. The first kappa shape index (κ1) is 14.5. The zero-order valence-electron chi connectivity index (χ0n) is 11.4. The molecule has 0 aliphatic heterocycles. The van der Waals surface area contributed by atoms with Gasteiger partial charge in [0.25, 0.3) is 0 Å². The van der Waals surface area contributed by atoms with Gasteiger partial charge in [-0.15, -0.1) is 0 Å². The van der Waals surface area contributed by atoms with Gasteiger partial charge in [-0.3, -0.25) is 4.79 Å². The van der Waals surface area contributed by atoms with Crippen LogP contribution >= 0.6 is 0 Å². The number of ether oxygens (including phenoxy) is 2. The Kier molecular flexibility index (Phi) is 5.16. The van der Waals surface area contributed by atoms with Gasteiger partial charge >= 0.3 is 0 Å². The maximum Gasteiger partial charge on any atom is 0.168 e. The third-order valence-corrected chi connectivity index (χ3v) is 2.99. The summed E-state index contributed by atoms with van der Waals surface area (Å²) in [4.78, 5) is 12.1. The van der Waals surface area contributed by atoms with Gasteiger partial charge in [-0.05, 0) is 18.1 Å². The van der Waals surface area contributed by atoms with Crippen molar-refractivity contribution in [2.75, 3.05) is 14.2 Å². The Labute approximate surface area is 108 Å². The molecule has 0 saturated carbocycles. The van der Waals surface area contributed by atoms with Crippen LogP contribution < -0.4 is 15.2 Å². The molecule has 100 valence electrons. The zero-order chi connectivity index (χ0) is 13.7. The molecule has 4 nitrogen and oxygen atoms in total. The first-order chi connectivity index (χ1) is 8.49.